The first-order valence-corrected chi connectivity index (χ1v) is 9.33. The number of carbonyl (C=O) groups is 1. The molecule has 6 nitrogen and oxygen atoms in total. The van der Waals surface area contributed by atoms with Crippen LogP contribution in [0.4, 0.5) is 0 Å². The fourth-order valence-electron chi connectivity index (χ4n) is 3.84. The number of para-hydroxylation sites is 1. The van der Waals surface area contributed by atoms with Crippen molar-refractivity contribution in [3.8, 4) is 0 Å². The first kappa shape index (κ1) is 16.8. The third-order valence-corrected chi connectivity index (χ3v) is 5.37. The van der Waals surface area contributed by atoms with Crippen LogP contribution in [0.25, 0.3) is 11.0 Å². The van der Waals surface area contributed by atoms with Crippen molar-refractivity contribution in [3.63, 3.8) is 0 Å². The normalized spacial score (nSPS) is 16.9. The van der Waals surface area contributed by atoms with Gasteiger partial charge in [-0.25, -0.2) is 4.98 Å². The number of aromatic nitrogens is 4. The van der Waals surface area contributed by atoms with Crippen molar-refractivity contribution in [1.29, 1.82) is 0 Å². The van der Waals surface area contributed by atoms with Crippen molar-refractivity contribution < 1.29 is 4.79 Å². The number of benzene rings is 1. The Bertz CT molecular complexity index is 890. The summed E-state index contributed by atoms with van der Waals surface area (Å²) in [5, 5.41) is 4.20. The number of rotatable bonds is 4. The summed E-state index contributed by atoms with van der Waals surface area (Å²) < 4.78 is 1.83. The summed E-state index contributed by atoms with van der Waals surface area (Å²) in [6.45, 7) is 6.30. The van der Waals surface area contributed by atoms with Crippen molar-refractivity contribution in [3.05, 3.63) is 48.0 Å². The van der Waals surface area contributed by atoms with E-state index < -0.39 is 0 Å². The first-order valence-electron chi connectivity index (χ1n) is 9.33. The van der Waals surface area contributed by atoms with Crippen LogP contribution in [0.1, 0.15) is 37.1 Å². The number of fused-ring (bicyclic) bond motifs is 1. The molecule has 0 aliphatic carbocycles. The number of hydrogen-bond donors (Lipinski definition) is 1. The fourth-order valence-corrected chi connectivity index (χ4v) is 3.84. The Morgan fingerprint density at radius 2 is 2.12 bits per heavy atom. The summed E-state index contributed by atoms with van der Waals surface area (Å²) in [4.78, 5) is 23.0. The minimum absolute atomic E-state index is 0.0553. The molecule has 3 aromatic rings. The van der Waals surface area contributed by atoms with E-state index in [9.17, 15) is 4.79 Å². The molecule has 3 heterocycles. The van der Waals surface area contributed by atoms with Crippen LogP contribution in [0.3, 0.4) is 0 Å². The quantitative estimate of drug-likeness (QED) is 0.785. The Balaban J connectivity index is 1.38. The SMILES string of the molecule is Cc1cccc2[nH]c(C3CCN(C(=O)C(C)Cn4cccn4)CC3)nc12. The summed E-state index contributed by atoms with van der Waals surface area (Å²) in [6, 6.07) is 8.11. The lowest BCUT2D eigenvalue weighted by Crippen LogP contribution is -2.41. The minimum Gasteiger partial charge on any atom is -0.342 e. The van der Waals surface area contributed by atoms with E-state index in [0.717, 1.165) is 42.8 Å². The zero-order chi connectivity index (χ0) is 18.1. The van der Waals surface area contributed by atoms with Gasteiger partial charge in [0, 0.05) is 31.4 Å². The van der Waals surface area contributed by atoms with Gasteiger partial charge in [-0.05, 0) is 37.5 Å². The van der Waals surface area contributed by atoms with E-state index in [2.05, 4.69) is 35.2 Å². The molecule has 0 saturated carbocycles. The van der Waals surface area contributed by atoms with Gasteiger partial charge in [-0.3, -0.25) is 9.48 Å². The largest absolute Gasteiger partial charge is 0.342 e. The van der Waals surface area contributed by atoms with E-state index in [1.54, 1.807) is 6.20 Å². The molecule has 1 unspecified atom stereocenters. The molecule has 1 aliphatic heterocycles. The monoisotopic (exact) mass is 351 g/mol. The lowest BCUT2D eigenvalue weighted by atomic mass is 9.95. The van der Waals surface area contributed by atoms with Crippen LogP contribution in [0.15, 0.2) is 36.7 Å². The van der Waals surface area contributed by atoms with Gasteiger partial charge < -0.3 is 9.88 Å². The molecule has 136 valence electrons. The van der Waals surface area contributed by atoms with Crippen LogP contribution in [-0.2, 0) is 11.3 Å². The summed E-state index contributed by atoms with van der Waals surface area (Å²) in [7, 11) is 0. The molecule has 6 heteroatoms. The van der Waals surface area contributed by atoms with Crippen LogP contribution in [-0.4, -0.2) is 43.6 Å². The van der Waals surface area contributed by atoms with Crippen LogP contribution in [0.2, 0.25) is 0 Å². The highest BCUT2D eigenvalue weighted by molar-refractivity contribution is 5.79. The molecule has 0 radical (unpaired) electrons. The van der Waals surface area contributed by atoms with Crippen molar-refractivity contribution in [2.75, 3.05) is 13.1 Å². The number of hydrogen-bond acceptors (Lipinski definition) is 3. The molecule has 0 spiro atoms. The van der Waals surface area contributed by atoms with Gasteiger partial charge in [-0.2, -0.15) is 5.10 Å². The Labute approximate surface area is 153 Å². The number of piperidine rings is 1. The van der Waals surface area contributed by atoms with E-state index >= 15 is 0 Å². The van der Waals surface area contributed by atoms with Crippen LogP contribution >= 0.6 is 0 Å². The maximum absolute atomic E-state index is 12.7. The molecule has 1 N–H and O–H groups in total. The molecule has 1 saturated heterocycles. The number of H-pyrrole nitrogens is 1. The van der Waals surface area contributed by atoms with E-state index in [-0.39, 0.29) is 11.8 Å². The molecule has 1 fully saturated rings. The zero-order valence-corrected chi connectivity index (χ0v) is 15.4. The topological polar surface area (TPSA) is 66.8 Å². The zero-order valence-electron chi connectivity index (χ0n) is 15.4. The van der Waals surface area contributed by atoms with E-state index in [4.69, 9.17) is 4.98 Å². The summed E-state index contributed by atoms with van der Waals surface area (Å²) in [5.74, 6) is 1.62. The smallest absolute Gasteiger partial charge is 0.227 e. The second-order valence-electron chi connectivity index (χ2n) is 7.32. The molecular weight excluding hydrogens is 326 g/mol. The highest BCUT2D eigenvalue weighted by Crippen LogP contribution is 2.29. The summed E-state index contributed by atoms with van der Waals surface area (Å²) in [6.07, 6.45) is 5.56. The van der Waals surface area contributed by atoms with Gasteiger partial charge in [0.15, 0.2) is 0 Å². The predicted molar refractivity (Wildman–Crippen MR) is 101 cm³/mol. The standard InChI is InChI=1S/C20H25N5O/c1-14-5-3-6-17-18(14)23-19(22-17)16-7-11-24(12-8-16)20(26)15(2)13-25-10-4-9-21-25/h3-6,9-10,15-16H,7-8,11-13H2,1-2H3,(H,22,23). The predicted octanol–water partition coefficient (Wildman–Crippen LogP) is 3.11. The molecule has 1 aromatic carbocycles. The minimum atomic E-state index is -0.0553. The number of imidazole rings is 1. The highest BCUT2D eigenvalue weighted by atomic mass is 16.2. The fraction of sp³-hybridized carbons (Fsp3) is 0.450. The van der Waals surface area contributed by atoms with Gasteiger partial charge in [0.2, 0.25) is 5.91 Å². The number of aromatic amines is 1. The van der Waals surface area contributed by atoms with Crippen LogP contribution < -0.4 is 0 Å². The van der Waals surface area contributed by atoms with E-state index in [1.165, 1.54) is 5.56 Å². The van der Waals surface area contributed by atoms with Gasteiger partial charge in [0.05, 0.1) is 23.5 Å². The lowest BCUT2D eigenvalue weighted by molar-refractivity contribution is -0.136. The Kier molecular flexibility index (Phi) is 4.49. The number of carbonyl (C=O) groups excluding carboxylic acids is 1. The van der Waals surface area contributed by atoms with Gasteiger partial charge in [-0.15, -0.1) is 0 Å². The number of amides is 1. The molecular formula is C20H25N5O. The van der Waals surface area contributed by atoms with Crippen LogP contribution in [0.5, 0.6) is 0 Å². The van der Waals surface area contributed by atoms with Crippen molar-refractivity contribution in [2.45, 2.75) is 39.2 Å². The average molecular weight is 351 g/mol. The maximum Gasteiger partial charge on any atom is 0.227 e. The van der Waals surface area contributed by atoms with Gasteiger partial charge in [0.1, 0.15) is 5.82 Å². The lowest BCUT2D eigenvalue weighted by Gasteiger charge is -2.33. The second-order valence-corrected chi connectivity index (χ2v) is 7.32. The van der Waals surface area contributed by atoms with Crippen molar-refractivity contribution in [2.24, 2.45) is 5.92 Å². The molecule has 1 aliphatic rings. The number of likely N-dealkylation sites (tertiary alicyclic amines) is 1. The summed E-state index contributed by atoms with van der Waals surface area (Å²) in [5.41, 5.74) is 3.37. The number of nitrogens with one attached hydrogen (secondary N) is 1. The first-order chi connectivity index (χ1) is 12.6. The van der Waals surface area contributed by atoms with Gasteiger partial charge >= 0.3 is 0 Å². The van der Waals surface area contributed by atoms with E-state index in [0.29, 0.717) is 12.5 Å². The number of nitrogens with zero attached hydrogens (tertiary/aromatic N) is 4. The third-order valence-electron chi connectivity index (χ3n) is 5.37. The number of aryl methyl sites for hydroxylation is 1. The Morgan fingerprint density at radius 3 is 2.81 bits per heavy atom. The third kappa shape index (κ3) is 3.23. The Hall–Kier alpha value is -2.63. The molecule has 26 heavy (non-hydrogen) atoms. The molecule has 0 bridgehead atoms. The van der Waals surface area contributed by atoms with Gasteiger partial charge in [0.25, 0.3) is 0 Å². The van der Waals surface area contributed by atoms with E-state index in [1.807, 2.05) is 28.8 Å². The van der Waals surface area contributed by atoms with Crippen LogP contribution in [0, 0.1) is 12.8 Å². The average Bonchev–Trinajstić information content (AvgIpc) is 3.31. The second kappa shape index (κ2) is 6.94. The molecule has 1 amide bonds. The maximum atomic E-state index is 12.7. The molecule has 1 atom stereocenters. The highest BCUT2D eigenvalue weighted by Gasteiger charge is 2.28. The Morgan fingerprint density at radius 1 is 1.31 bits per heavy atom. The summed E-state index contributed by atoms with van der Waals surface area (Å²) >= 11 is 0. The molecule has 4 rings (SSSR count). The van der Waals surface area contributed by atoms with Crippen molar-refractivity contribution >= 4 is 16.9 Å². The molecule has 2 aromatic heterocycles. The van der Waals surface area contributed by atoms with Crippen molar-refractivity contribution in [1.82, 2.24) is 24.6 Å². The van der Waals surface area contributed by atoms with Gasteiger partial charge in [-0.1, -0.05) is 19.1 Å².